The summed E-state index contributed by atoms with van der Waals surface area (Å²) in [6.45, 7) is 7.83. The maximum absolute atomic E-state index is 13.9. The minimum atomic E-state index is -0.211. The molecule has 2 aromatic rings. The van der Waals surface area contributed by atoms with Crippen molar-refractivity contribution < 1.29 is 9.18 Å². The Balaban J connectivity index is 1.33. The van der Waals surface area contributed by atoms with Crippen molar-refractivity contribution in [2.24, 2.45) is 0 Å². The van der Waals surface area contributed by atoms with Crippen LogP contribution in [0.4, 0.5) is 4.39 Å². The summed E-state index contributed by atoms with van der Waals surface area (Å²) in [5.74, 6) is -0.160. The van der Waals surface area contributed by atoms with E-state index in [0.29, 0.717) is 30.6 Å². The Labute approximate surface area is 203 Å². The minimum Gasteiger partial charge on any atom is -0.354 e. The Morgan fingerprint density at radius 3 is 2.50 bits per heavy atom. The van der Waals surface area contributed by atoms with Gasteiger partial charge in [-0.15, -0.1) is 0 Å². The first-order valence-electron chi connectivity index (χ1n) is 12.9. The topological polar surface area (TPSA) is 47.6 Å². The van der Waals surface area contributed by atoms with Crippen molar-refractivity contribution in [1.82, 2.24) is 20.4 Å². The summed E-state index contributed by atoms with van der Waals surface area (Å²) in [5.41, 5.74) is 1.87. The van der Waals surface area contributed by atoms with Crippen LogP contribution in [0.3, 0.4) is 0 Å². The van der Waals surface area contributed by atoms with Crippen LogP contribution >= 0.6 is 0 Å². The van der Waals surface area contributed by atoms with Gasteiger partial charge in [-0.2, -0.15) is 0 Å². The van der Waals surface area contributed by atoms with Gasteiger partial charge in [-0.3, -0.25) is 9.69 Å². The number of hydrogen-bond acceptors (Lipinski definition) is 4. The number of halogens is 1. The van der Waals surface area contributed by atoms with Gasteiger partial charge in [-0.25, -0.2) is 4.39 Å². The van der Waals surface area contributed by atoms with E-state index in [1.54, 1.807) is 12.1 Å². The van der Waals surface area contributed by atoms with Gasteiger partial charge in [-0.1, -0.05) is 55.5 Å². The molecule has 2 atom stereocenters. The van der Waals surface area contributed by atoms with Crippen molar-refractivity contribution in [2.45, 2.75) is 63.7 Å². The molecule has 2 heterocycles. The van der Waals surface area contributed by atoms with Gasteiger partial charge in [0.25, 0.3) is 0 Å². The molecule has 0 unspecified atom stereocenters. The number of carbonyl (C=O) groups is 1. The van der Waals surface area contributed by atoms with E-state index in [9.17, 15) is 9.18 Å². The predicted octanol–water partition coefficient (Wildman–Crippen LogP) is 3.59. The Hall–Kier alpha value is -2.28. The van der Waals surface area contributed by atoms with Crippen LogP contribution in [0.2, 0.25) is 0 Å². The van der Waals surface area contributed by atoms with Crippen LogP contribution in [0, 0.1) is 5.82 Å². The van der Waals surface area contributed by atoms with Crippen LogP contribution in [-0.2, 0) is 17.8 Å². The van der Waals surface area contributed by atoms with Gasteiger partial charge in [0.15, 0.2) is 0 Å². The van der Waals surface area contributed by atoms with Crippen LogP contribution in [0.5, 0.6) is 0 Å². The van der Waals surface area contributed by atoms with E-state index in [4.69, 9.17) is 0 Å². The molecule has 2 fully saturated rings. The summed E-state index contributed by atoms with van der Waals surface area (Å²) in [6, 6.07) is 17.8. The monoisotopic (exact) mass is 466 g/mol. The number of carbonyl (C=O) groups excluding carboxylic acids is 1. The third kappa shape index (κ3) is 6.87. The van der Waals surface area contributed by atoms with Crippen molar-refractivity contribution in [2.75, 3.05) is 32.7 Å². The first-order chi connectivity index (χ1) is 16.6. The van der Waals surface area contributed by atoms with Gasteiger partial charge in [-0.05, 0) is 68.9 Å². The summed E-state index contributed by atoms with van der Waals surface area (Å²) < 4.78 is 13.9. The van der Waals surface area contributed by atoms with Crippen LogP contribution < -0.4 is 10.6 Å². The first-order valence-corrected chi connectivity index (χ1v) is 12.9. The highest BCUT2D eigenvalue weighted by molar-refractivity contribution is 5.82. The third-order valence-electron chi connectivity index (χ3n) is 7.18. The molecule has 2 N–H and O–H groups in total. The Kier molecular flexibility index (Phi) is 9.08. The zero-order valence-corrected chi connectivity index (χ0v) is 20.4. The van der Waals surface area contributed by atoms with Crippen LogP contribution in [-0.4, -0.2) is 66.6 Å². The van der Waals surface area contributed by atoms with E-state index in [-0.39, 0.29) is 17.8 Å². The predicted molar refractivity (Wildman–Crippen MR) is 135 cm³/mol. The second-order valence-corrected chi connectivity index (χ2v) is 9.78. The van der Waals surface area contributed by atoms with Crippen molar-refractivity contribution in [3.63, 3.8) is 0 Å². The average molecular weight is 467 g/mol. The summed E-state index contributed by atoms with van der Waals surface area (Å²) in [4.78, 5) is 18.1. The van der Waals surface area contributed by atoms with Gasteiger partial charge >= 0.3 is 0 Å². The number of amides is 1. The van der Waals surface area contributed by atoms with Crippen molar-refractivity contribution in [1.29, 1.82) is 0 Å². The van der Waals surface area contributed by atoms with E-state index < -0.39 is 0 Å². The first kappa shape index (κ1) is 24.8. The highest BCUT2D eigenvalue weighted by atomic mass is 19.1. The molecule has 5 nitrogen and oxygen atoms in total. The highest BCUT2D eigenvalue weighted by Gasteiger charge is 2.37. The molecule has 0 aromatic heterocycles. The molecule has 0 aliphatic carbocycles. The van der Waals surface area contributed by atoms with Gasteiger partial charge in [0.05, 0.1) is 6.04 Å². The van der Waals surface area contributed by atoms with E-state index in [1.165, 1.54) is 37.4 Å². The van der Waals surface area contributed by atoms with Gasteiger partial charge in [0.2, 0.25) is 5.91 Å². The van der Waals surface area contributed by atoms with E-state index in [1.807, 2.05) is 12.1 Å². The second-order valence-electron chi connectivity index (χ2n) is 9.78. The lowest BCUT2D eigenvalue weighted by atomic mass is 10.0. The Morgan fingerprint density at radius 1 is 1.03 bits per heavy atom. The smallest absolute Gasteiger partial charge is 0.237 e. The van der Waals surface area contributed by atoms with Gasteiger partial charge in [0.1, 0.15) is 5.82 Å². The molecule has 0 bridgehead atoms. The number of hydrogen-bond donors (Lipinski definition) is 2. The maximum atomic E-state index is 13.9. The fourth-order valence-corrected chi connectivity index (χ4v) is 5.40. The molecule has 0 spiro atoms. The molecule has 2 aliphatic rings. The van der Waals surface area contributed by atoms with Crippen LogP contribution in [0.1, 0.15) is 43.7 Å². The molecule has 184 valence electrons. The van der Waals surface area contributed by atoms with Crippen molar-refractivity contribution >= 4 is 5.91 Å². The molecule has 6 heteroatoms. The quantitative estimate of drug-likeness (QED) is 0.562. The summed E-state index contributed by atoms with van der Waals surface area (Å²) >= 11 is 0. The van der Waals surface area contributed by atoms with Crippen LogP contribution in [0.15, 0.2) is 54.6 Å². The third-order valence-corrected chi connectivity index (χ3v) is 7.18. The van der Waals surface area contributed by atoms with Gasteiger partial charge < -0.3 is 15.5 Å². The number of rotatable bonds is 10. The largest absolute Gasteiger partial charge is 0.354 e. The molecule has 2 saturated heterocycles. The summed E-state index contributed by atoms with van der Waals surface area (Å²) in [5, 5.41) is 6.95. The number of nitrogens with zero attached hydrogens (tertiary/aromatic N) is 2. The average Bonchev–Trinajstić information content (AvgIpc) is 3.24. The van der Waals surface area contributed by atoms with Gasteiger partial charge in [0, 0.05) is 31.7 Å². The SMILES string of the molecule is CCCN1CCC(N[C@H]2C[C@@H](C(=O)NCCc3ccccc3F)N(Cc3ccccc3)C2)CC1. The zero-order chi connectivity index (χ0) is 23.8. The van der Waals surface area contributed by atoms with E-state index >= 15 is 0 Å². The molecule has 4 rings (SSSR count). The lowest BCUT2D eigenvalue weighted by Gasteiger charge is -2.33. The molecular formula is C28H39FN4O. The zero-order valence-electron chi connectivity index (χ0n) is 20.4. The lowest BCUT2D eigenvalue weighted by Crippen LogP contribution is -2.47. The second kappa shape index (κ2) is 12.4. The number of nitrogens with one attached hydrogen (secondary N) is 2. The van der Waals surface area contributed by atoms with E-state index in [2.05, 4.69) is 51.6 Å². The highest BCUT2D eigenvalue weighted by Crippen LogP contribution is 2.23. The molecule has 0 radical (unpaired) electrons. The molecule has 1 amide bonds. The summed E-state index contributed by atoms with van der Waals surface area (Å²) in [7, 11) is 0. The molecule has 2 aliphatic heterocycles. The molecule has 0 saturated carbocycles. The maximum Gasteiger partial charge on any atom is 0.237 e. The fraction of sp³-hybridized carbons (Fsp3) is 0.536. The molecule has 34 heavy (non-hydrogen) atoms. The lowest BCUT2D eigenvalue weighted by molar-refractivity contribution is -0.125. The Bertz CT molecular complexity index is 900. The molecular weight excluding hydrogens is 427 g/mol. The summed E-state index contributed by atoms with van der Waals surface area (Å²) in [6.07, 6.45) is 4.88. The van der Waals surface area contributed by atoms with E-state index in [0.717, 1.165) is 32.6 Å². The molecule has 2 aromatic carbocycles. The number of benzene rings is 2. The number of piperidine rings is 1. The fourth-order valence-electron chi connectivity index (χ4n) is 5.40. The normalized spacial score (nSPS) is 22.2. The Morgan fingerprint density at radius 2 is 1.76 bits per heavy atom. The minimum absolute atomic E-state index is 0.0503. The van der Waals surface area contributed by atoms with Crippen LogP contribution in [0.25, 0.3) is 0 Å². The standard InChI is InChI=1S/C28H39FN4O/c1-2-16-32-17-13-24(14-18-32)31-25-19-27(33(21-25)20-22-8-4-3-5-9-22)28(34)30-15-12-23-10-6-7-11-26(23)29/h3-11,24-25,27,31H,2,12-21H2,1H3,(H,30,34)/t25-,27-/m0/s1. The van der Waals surface area contributed by atoms with Crippen molar-refractivity contribution in [3.8, 4) is 0 Å². The number of likely N-dealkylation sites (tertiary alicyclic amines) is 2. The van der Waals surface area contributed by atoms with Crippen molar-refractivity contribution in [3.05, 3.63) is 71.5 Å².